The van der Waals surface area contributed by atoms with Gasteiger partial charge in [0.05, 0.1) is 11.8 Å². The Labute approximate surface area is 192 Å². The Balaban J connectivity index is 1.49. The summed E-state index contributed by atoms with van der Waals surface area (Å²) in [5, 5.41) is 0. The second kappa shape index (κ2) is 9.25. The number of hydrogen-bond donors (Lipinski definition) is 0. The molecular weight excluding hydrogens is 425 g/mol. The van der Waals surface area contributed by atoms with Crippen molar-refractivity contribution in [2.24, 2.45) is 5.41 Å². The number of nitrogens with zero attached hydrogens (tertiary/aromatic N) is 1. The largest absolute Gasteiger partial charge is 0.460 e. The van der Waals surface area contributed by atoms with Gasteiger partial charge in [0.1, 0.15) is 12.4 Å². The molecule has 1 saturated heterocycles. The monoisotopic (exact) mass is 453 g/mol. The van der Waals surface area contributed by atoms with Crippen molar-refractivity contribution in [1.29, 1.82) is 0 Å². The molecule has 6 nitrogen and oxygen atoms in total. The Morgan fingerprint density at radius 2 is 1.70 bits per heavy atom. The van der Waals surface area contributed by atoms with Crippen LogP contribution >= 0.6 is 0 Å². The van der Waals surface area contributed by atoms with Crippen molar-refractivity contribution in [2.45, 2.75) is 45.5 Å². The van der Waals surface area contributed by atoms with Crippen LogP contribution in [0.3, 0.4) is 0 Å². The Morgan fingerprint density at radius 1 is 1.03 bits per heavy atom. The summed E-state index contributed by atoms with van der Waals surface area (Å²) in [7, 11) is 0. The third-order valence-electron chi connectivity index (χ3n) is 6.23. The van der Waals surface area contributed by atoms with Crippen LogP contribution in [0.5, 0.6) is 0 Å². The highest BCUT2D eigenvalue weighted by Crippen LogP contribution is 2.44. The lowest BCUT2D eigenvalue weighted by atomic mass is 9.68. The van der Waals surface area contributed by atoms with Crippen LogP contribution in [0.1, 0.15) is 37.8 Å². The number of hydrogen-bond acceptors (Lipinski definition) is 5. The van der Waals surface area contributed by atoms with Gasteiger partial charge >= 0.3 is 12.1 Å². The number of carbonyl (C=O) groups excluding carboxylic acids is 2. The van der Waals surface area contributed by atoms with E-state index in [1.54, 1.807) is 30.9 Å². The number of amides is 1. The number of halogens is 1. The highest BCUT2D eigenvalue weighted by molar-refractivity contribution is 5.90. The number of benzene rings is 2. The number of piperidine rings is 1. The van der Waals surface area contributed by atoms with Crippen LogP contribution < -0.4 is 0 Å². The van der Waals surface area contributed by atoms with Gasteiger partial charge in [0, 0.05) is 32.4 Å². The van der Waals surface area contributed by atoms with Crippen molar-refractivity contribution in [1.82, 2.24) is 4.90 Å². The molecule has 0 aliphatic carbocycles. The molecule has 2 heterocycles. The highest BCUT2D eigenvalue weighted by atomic mass is 19.1. The van der Waals surface area contributed by atoms with E-state index in [4.69, 9.17) is 14.2 Å². The molecule has 0 aromatic heterocycles. The van der Waals surface area contributed by atoms with Crippen LogP contribution in [-0.2, 0) is 32.0 Å². The molecule has 0 N–H and O–H groups in total. The van der Waals surface area contributed by atoms with Gasteiger partial charge in [-0.15, -0.1) is 0 Å². The molecule has 2 aromatic rings. The molecule has 0 unspecified atom stereocenters. The molecule has 2 aliphatic rings. The molecule has 0 spiro atoms. The maximum atomic E-state index is 13.4. The predicted octanol–water partition coefficient (Wildman–Crippen LogP) is 4.98. The Hall–Kier alpha value is -3.35. The lowest BCUT2D eigenvalue weighted by Gasteiger charge is -2.44. The Bertz CT molecular complexity index is 1020. The third kappa shape index (κ3) is 5.35. The van der Waals surface area contributed by atoms with E-state index in [0.29, 0.717) is 37.9 Å². The van der Waals surface area contributed by atoms with Crippen molar-refractivity contribution in [2.75, 3.05) is 13.1 Å². The van der Waals surface area contributed by atoms with Crippen molar-refractivity contribution >= 4 is 12.1 Å². The van der Waals surface area contributed by atoms with E-state index >= 15 is 0 Å². The molecule has 0 saturated carbocycles. The molecule has 2 aliphatic heterocycles. The van der Waals surface area contributed by atoms with E-state index in [1.165, 1.54) is 18.4 Å². The summed E-state index contributed by atoms with van der Waals surface area (Å²) >= 11 is 0. The SMILES string of the molecule is CC1(C)OC=C(C2(Cc3ccc(F)cc3)CCN(C(=O)OCc3ccccc3)CC2)C(=O)O1. The minimum Gasteiger partial charge on any atom is -0.460 e. The molecule has 1 amide bonds. The Kier molecular flexibility index (Phi) is 6.40. The number of esters is 1. The van der Waals surface area contributed by atoms with Crippen molar-refractivity contribution < 1.29 is 28.2 Å². The fourth-order valence-corrected chi connectivity index (χ4v) is 4.35. The zero-order valence-corrected chi connectivity index (χ0v) is 18.9. The second-order valence-corrected chi connectivity index (χ2v) is 9.05. The van der Waals surface area contributed by atoms with Crippen LogP contribution in [0.25, 0.3) is 0 Å². The van der Waals surface area contributed by atoms with Crippen molar-refractivity contribution in [3.05, 3.63) is 83.4 Å². The van der Waals surface area contributed by atoms with Gasteiger partial charge in [0.25, 0.3) is 0 Å². The van der Waals surface area contributed by atoms with Gasteiger partial charge in [-0.2, -0.15) is 0 Å². The number of likely N-dealkylation sites (tertiary alicyclic amines) is 1. The van der Waals surface area contributed by atoms with Gasteiger partial charge < -0.3 is 19.1 Å². The number of cyclic esters (lactones) is 1. The first-order valence-corrected chi connectivity index (χ1v) is 11.1. The van der Waals surface area contributed by atoms with Gasteiger partial charge in [0.15, 0.2) is 0 Å². The summed E-state index contributed by atoms with van der Waals surface area (Å²) in [6.45, 7) is 4.40. The third-order valence-corrected chi connectivity index (χ3v) is 6.23. The minimum atomic E-state index is -1.03. The van der Waals surface area contributed by atoms with Gasteiger partial charge in [0.2, 0.25) is 5.79 Å². The van der Waals surface area contributed by atoms with Crippen LogP contribution in [0.4, 0.5) is 9.18 Å². The average molecular weight is 454 g/mol. The fourth-order valence-electron chi connectivity index (χ4n) is 4.35. The van der Waals surface area contributed by atoms with E-state index in [9.17, 15) is 14.0 Å². The van der Waals surface area contributed by atoms with Gasteiger partial charge in [-0.25, -0.2) is 14.0 Å². The standard InChI is InChI=1S/C26H28FNO5/c1-25(2)32-18-22(23(29)33-25)26(16-19-8-10-21(27)11-9-19)12-14-28(15-13-26)24(30)31-17-20-6-4-3-5-7-20/h3-11,18H,12-17H2,1-2H3. The Morgan fingerprint density at radius 3 is 2.33 bits per heavy atom. The summed E-state index contributed by atoms with van der Waals surface area (Å²) in [5.41, 5.74) is 1.67. The van der Waals surface area contributed by atoms with Crippen LogP contribution in [0, 0.1) is 11.2 Å². The van der Waals surface area contributed by atoms with Crippen molar-refractivity contribution in [3.63, 3.8) is 0 Å². The molecule has 0 atom stereocenters. The van der Waals surface area contributed by atoms with Gasteiger partial charge in [-0.3, -0.25) is 0 Å². The zero-order valence-electron chi connectivity index (χ0n) is 18.9. The number of rotatable bonds is 5. The summed E-state index contributed by atoms with van der Waals surface area (Å²) in [6, 6.07) is 15.8. The smallest absolute Gasteiger partial charge is 0.410 e. The molecule has 174 valence electrons. The van der Waals surface area contributed by atoms with E-state index < -0.39 is 17.2 Å². The normalized spacial score (nSPS) is 19.2. The molecular formula is C26H28FNO5. The van der Waals surface area contributed by atoms with Crippen molar-refractivity contribution in [3.8, 4) is 0 Å². The quantitative estimate of drug-likeness (QED) is 0.598. The molecule has 0 radical (unpaired) electrons. The first-order valence-electron chi connectivity index (χ1n) is 11.1. The molecule has 7 heteroatoms. The minimum absolute atomic E-state index is 0.206. The summed E-state index contributed by atoms with van der Waals surface area (Å²) in [5.74, 6) is -1.77. The predicted molar refractivity (Wildman–Crippen MR) is 119 cm³/mol. The van der Waals surface area contributed by atoms with Gasteiger partial charge in [-0.05, 0) is 42.5 Å². The number of ether oxygens (including phenoxy) is 3. The van der Waals surface area contributed by atoms with Crippen LogP contribution in [-0.4, -0.2) is 35.8 Å². The molecule has 4 rings (SSSR count). The molecule has 1 fully saturated rings. The van der Waals surface area contributed by atoms with E-state index in [2.05, 4.69) is 0 Å². The highest BCUT2D eigenvalue weighted by Gasteiger charge is 2.46. The lowest BCUT2D eigenvalue weighted by Crippen LogP contribution is -2.48. The molecule has 0 bridgehead atoms. The molecule has 2 aromatic carbocycles. The molecule has 33 heavy (non-hydrogen) atoms. The van der Waals surface area contributed by atoms with E-state index in [1.807, 2.05) is 30.3 Å². The summed E-state index contributed by atoms with van der Waals surface area (Å²) in [6.07, 6.45) is 2.67. The maximum Gasteiger partial charge on any atom is 0.410 e. The average Bonchev–Trinajstić information content (AvgIpc) is 2.79. The number of carbonyl (C=O) groups is 2. The van der Waals surface area contributed by atoms with E-state index in [0.717, 1.165) is 11.1 Å². The zero-order chi connectivity index (χ0) is 23.5. The fraction of sp³-hybridized carbons (Fsp3) is 0.385. The maximum absolute atomic E-state index is 13.4. The second-order valence-electron chi connectivity index (χ2n) is 9.05. The van der Waals surface area contributed by atoms with Crippen LogP contribution in [0.2, 0.25) is 0 Å². The first kappa shape index (κ1) is 22.8. The first-order chi connectivity index (χ1) is 15.8. The van der Waals surface area contributed by atoms with E-state index in [-0.39, 0.29) is 18.5 Å². The van der Waals surface area contributed by atoms with Gasteiger partial charge in [-0.1, -0.05) is 42.5 Å². The topological polar surface area (TPSA) is 65.1 Å². The lowest BCUT2D eigenvalue weighted by molar-refractivity contribution is -0.204. The summed E-state index contributed by atoms with van der Waals surface area (Å²) < 4.78 is 30.1. The van der Waals surface area contributed by atoms with Crippen LogP contribution in [0.15, 0.2) is 66.4 Å². The summed E-state index contributed by atoms with van der Waals surface area (Å²) in [4.78, 5) is 27.2.